The molecule has 3 rings (SSSR count). The number of carbonyl (C=O) groups excluding carboxylic acids is 1. The Labute approximate surface area is 147 Å². The average Bonchev–Trinajstić information content (AvgIpc) is 3.17. The van der Waals surface area contributed by atoms with Crippen LogP contribution < -0.4 is 10.2 Å². The van der Waals surface area contributed by atoms with Gasteiger partial charge in [0, 0.05) is 57.8 Å². The molecular formula is C18H23N5O2. The van der Waals surface area contributed by atoms with Crippen LogP contribution in [0.3, 0.4) is 0 Å². The van der Waals surface area contributed by atoms with E-state index < -0.39 is 0 Å². The predicted octanol–water partition coefficient (Wildman–Crippen LogP) is 1.44. The summed E-state index contributed by atoms with van der Waals surface area (Å²) in [6.45, 7) is 1.18. The SMILES string of the molecule is CN(C)c1ncc(-c2ccncc2)c(CCNC(=O)C2CCCO2)n1. The van der Waals surface area contributed by atoms with E-state index in [2.05, 4.69) is 20.3 Å². The molecule has 1 saturated heterocycles. The van der Waals surface area contributed by atoms with E-state index >= 15 is 0 Å². The molecule has 7 nitrogen and oxygen atoms in total. The normalized spacial score (nSPS) is 16.6. The highest BCUT2D eigenvalue weighted by Crippen LogP contribution is 2.23. The summed E-state index contributed by atoms with van der Waals surface area (Å²) in [7, 11) is 3.81. The molecule has 2 aromatic heterocycles. The van der Waals surface area contributed by atoms with Crippen molar-refractivity contribution in [1.29, 1.82) is 0 Å². The van der Waals surface area contributed by atoms with Gasteiger partial charge in [0.05, 0.1) is 5.69 Å². The number of rotatable bonds is 6. The van der Waals surface area contributed by atoms with E-state index in [-0.39, 0.29) is 12.0 Å². The first-order valence-electron chi connectivity index (χ1n) is 8.48. The molecule has 0 saturated carbocycles. The van der Waals surface area contributed by atoms with Crippen molar-refractivity contribution in [2.45, 2.75) is 25.4 Å². The summed E-state index contributed by atoms with van der Waals surface area (Å²) in [5, 5.41) is 2.95. The fourth-order valence-electron chi connectivity index (χ4n) is 2.79. The van der Waals surface area contributed by atoms with Gasteiger partial charge in [0.2, 0.25) is 11.9 Å². The Kier molecular flexibility index (Phi) is 5.55. The Hall–Kier alpha value is -2.54. The van der Waals surface area contributed by atoms with Gasteiger partial charge in [0.25, 0.3) is 0 Å². The van der Waals surface area contributed by atoms with Crippen LogP contribution in [0, 0.1) is 0 Å². The van der Waals surface area contributed by atoms with Crippen LogP contribution in [0.15, 0.2) is 30.7 Å². The highest BCUT2D eigenvalue weighted by Gasteiger charge is 2.23. The third kappa shape index (κ3) is 4.30. The summed E-state index contributed by atoms with van der Waals surface area (Å²) in [4.78, 5) is 27.1. The van der Waals surface area contributed by atoms with Crippen molar-refractivity contribution in [3.63, 3.8) is 0 Å². The Morgan fingerprint density at radius 2 is 2.16 bits per heavy atom. The number of hydrogen-bond acceptors (Lipinski definition) is 6. The molecule has 0 bridgehead atoms. The first-order chi connectivity index (χ1) is 12.1. The second kappa shape index (κ2) is 8.02. The van der Waals surface area contributed by atoms with Gasteiger partial charge in [-0.2, -0.15) is 0 Å². The summed E-state index contributed by atoms with van der Waals surface area (Å²) < 4.78 is 5.41. The van der Waals surface area contributed by atoms with Crippen molar-refractivity contribution >= 4 is 11.9 Å². The number of amides is 1. The van der Waals surface area contributed by atoms with Crippen molar-refractivity contribution in [2.24, 2.45) is 0 Å². The molecule has 1 aliphatic rings. The number of hydrogen-bond donors (Lipinski definition) is 1. The number of nitrogens with zero attached hydrogens (tertiary/aromatic N) is 4. The minimum absolute atomic E-state index is 0.0372. The fourth-order valence-corrected chi connectivity index (χ4v) is 2.79. The molecule has 0 aromatic carbocycles. The Morgan fingerprint density at radius 1 is 1.36 bits per heavy atom. The lowest BCUT2D eigenvalue weighted by molar-refractivity contribution is -0.129. The van der Waals surface area contributed by atoms with Crippen molar-refractivity contribution < 1.29 is 9.53 Å². The maximum absolute atomic E-state index is 12.1. The van der Waals surface area contributed by atoms with E-state index in [1.165, 1.54) is 0 Å². The summed E-state index contributed by atoms with van der Waals surface area (Å²) in [6.07, 6.45) is 7.39. The summed E-state index contributed by atoms with van der Waals surface area (Å²) >= 11 is 0. The van der Waals surface area contributed by atoms with Crippen LogP contribution in [0.4, 0.5) is 5.95 Å². The standard InChI is InChI=1S/C18H23N5O2/c1-23(2)18-21-12-14(13-5-8-19-9-6-13)15(22-18)7-10-20-17(24)16-4-3-11-25-16/h5-6,8-9,12,16H,3-4,7,10-11H2,1-2H3,(H,20,24). The Bertz CT molecular complexity index is 715. The van der Waals surface area contributed by atoms with Crippen molar-refractivity contribution in [2.75, 3.05) is 32.1 Å². The predicted molar refractivity (Wildman–Crippen MR) is 95.3 cm³/mol. The van der Waals surface area contributed by atoms with Crippen LogP contribution in [0.2, 0.25) is 0 Å². The maximum Gasteiger partial charge on any atom is 0.249 e. The van der Waals surface area contributed by atoms with Crippen LogP contribution in [0.5, 0.6) is 0 Å². The molecule has 1 atom stereocenters. The lowest BCUT2D eigenvalue weighted by Crippen LogP contribution is -2.35. The van der Waals surface area contributed by atoms with Gasteiger partial charge < -0.3 is 15.0 Å². The van der Waals surface area contributed by atoms with E-state index in [9.17, 15) is 4.79 Å². The van der Waals surface area contributed by atoms with E-state index in [1.54, 1.807) is 12.4 Å². The van der Waals surface area contributed by atoms with Gasteiger partial charge in [0.15, 0.2) is 0 Å². The van der Waals surface area contributed by atoms with Crippen LogP contribution in [0.1, 0.15) is 18.5 Å². The van der Waals surface area contributed by atoms with Crippen molar-refractivity contribution in [3.8, 4) is 11.1 Å². The average molecular weight is 341 g/mol. The van der Waals surface area contributed by atoms with E-state index in [1.807, 2.05) is 37.3 Å². The molecule has 0 radical (unpaired) electrons. The zero-order valence-corrected chi connectivity index (χ0v) is 14.6. The van der Waals surface area contributed by atoms with Crippen molar-refractivity contribution in [3.05, 3.63) is 36.4 Å². The molecular weight excluding hydrogens is 318 g/mol. The van der Waals surface area contributed by atoms with Gasteiger partial charge in [-0.25, -0.2) is 9.97 Å². The monoisotopic (exact) mass is 341 g/mol. The molecule has 1 fully saturated rings. The Balaban J connectivity index is 1.73. The third-order valence-electron chi connectivity index (χ3n) is 4.13. The highest BCUT2D eigenvalue weighted by molar-refractivity contribution is 5.81. The zero-order chi connectivity index (χ0) is 17.6. The quantitative estimate of drug-likeness (QED) is 0.856. The zero-order valence-electron chi connectivity index (χ0n) is 14.6. The summed E-state index contributed by atoms with van der Waals surface area (Å²) in [6, 6.07) is 3.87. The maximum atomic E-state index is 12.1. The smallest absolute Gasteiger partial charge is 0.249 e. The molecule has 1 N–H and O–H groups in total. The summed E-state index contributed by atoms with van der Waals surface area (Å²) in [5.41, 5.74) is 2.87. The minimum atomic E-state index is -0.303. The first-order valence-corrected chi connectivity index (χ1v) is 8.48. The number of anilines is 1. The molecule has 1 amide bonds. The van der Waals surface area contributed by atoms with E-state index in [0.29, 0.717) is 25.5 Å². The van der Waals surface area contributed by atoms with E-state index in [0.717, 1.165) is 29.7 Å². The number of ether oxygens (including phenoxy) is 1. The van der Waals surface area contributed by atoms with Crippen LogP contribution in [0.25, 0.3) is 11.1 Å². The van der Waals surface area contributed by atoms with Gasteiger partial charge >= 0.3 is 0 Å². The first kappa shape index (κ1) is 17.3. The number of nitrogens with one attached hydrogen (secondary N) is 1. The molecule has 7 heteroatoms. The number of aromatic nitrogens is 3. The van der Waals surface area contributed by atoms with Crippen molar-refractivity contribution in [1.82, 2.24) is 20.3 Å². The van der Waals surface area contributed by atoms with Crippen LogP contribution >= 0.6 is 0 Å². The van der Waals surface area contributed by atoms with Crippen LogP contribution in [-0.4, -0.2) is 54.2 Å². The molecule has 2 aromatic rings. The van der Waals surface area contributed by atoms with Gasteiger partial charge in [-0.05, 0) is 30.5 Å². The molecule has 1 unspecified atom stereocenters. The fraction of sp³-hybridized carbons (Fsp3) is 0.444. The third-order valence-corrected chi connectivity index (χ3v) is 4.13. The van der Waals surface area contributed by atoms with E-state index in [4.69, 9.17) is 4.74 Å². The van der Waals surface area contributed by atoms with Gasteiger partial charge in [0.1, 0.15) is 6.10 Å². The second-order valence-electron chi connectivity index (χ2n) is 6.20. The van der Waals surface area contributed by atoms with Gasteiger partial charge in [-0.1, -0.05) is 0 Å². The highest BCUT2D eigenvalue weighted by atomic mass is 16.5. The largest absolute Gasteiger partial charge is 0.368 e. The number of carbonyl (C=O) groups is 1. The number of pyridine rings is 1. The Morgan fingerprint density at radius 3 is 2.84 bits per heavy atom. The molecule has 0 aliphatic carbocycles. The molecule has 132 valence electrons. The lowest BCUT2D eigenvalue weighted by Gasteiger charge is -2.15. The summed E-state index contributed by atoms with van der Waals surface area (Å²) in [5.74, 6) is 0.614. The minimum Gasteiger partial charge on any atom is -0.368 e. The van der Waals surface area contributed by atoms with Crippen LogP contribution in [-0.2, 0) is 16.0 Å². The second-order valence-corrected chi connectivity index (χ2v) is 6.20. The molecule has 25 heavy (non-hydrogen) atoms. The molecule has 0 spiro atoms. The molecule has 3 heterocycles. The lowest BCUT2D eigenvalue weighted by atomic mass is 10.1. The van der Waals surface area contributed by atoms with Gasteiger partial charge in [-0.15, -0.1) is 0 Å². The van der Waals surface area contributed by atoms with Gasteiger partial charge in [-0.3, -0.25) is 9.78 Å². The topological polar surface area (TPSA) is 80.2 Å². The molecule has 1 aliphatic heterocycles.